The van der Waals surface area contributed by atoms with Gasteiger partial charge in [-0.2, -0.15) is 0 Å². The summed E-state index contributed by atoms with van der Waals surface area (Å²) in [6.07, 6.45) is 0. The first-order chi connectivity index (χ1) is 5.38. The molecule has 12 heavy (non-hydrogen) atoms. The monoisotopic (exact) mass is 192 g/mol. The van der Waals surface area contributed by atoms with Gasteiger partial charge in [-0.15, -0.1) is 0 Å². The molecule has 1 nitrogen and oxygen atoms in total. The fourth-order valence-electron chi connectivity index (χ4n) is 1.21. The van der Waals surface area contributed by atoms with E-state index in [1.54, 1.807) is 6.07 Å². The van der Waals surface area contributed by atoms with E-state index in [4.69, 9.17) is 0 Å². The summed E-state index contributed by atoms with van der Waals surface area (Å²) in [6.45, 7) is 0. The van der Waals surface area contributed by atoms with Gasteiger partial charge in [0.05, 0.1) is 0 Å². The van der Waals surface area contributed by atoms with Crippen molar-refractivity contribution in [2.45, 2.75) is 0 Å². The second-order valence-electron chi connectivity index (χ2n) is 2.50. The molecule has 2 heteroatoms. The molecular formula is C10H8OTi. The zero-order valence-corrected chi connectivity index (χ0v) is 8.05. The van der Waals surface area contributed by atoms with E-state index >= 15 is 0 Å². The molecule has 0 aliphatic heterocycles. The van der Waals surface area contributed by atoms with Gasteiger partial charge >= 0.3 is 0 Å². The van der Waals surface area contributed by atoms with Crippen molar-refractivity contribution in [2.75, 3.05) is 0 Å². The molecule has 0 aromatic heterocycles. The van der Waals surface area contributed by atoms with Crippen molar-refractivity contribution in [3.8, 4) is 5.75 Å². The number of hydrogen-bond donors (Lipinski definition) is 1. The Kier molecular flexibility index (Phi) is 2.90. The van der Waals surface area contributed by atoms with Crippen LogP contribution in [0.1, 0.15) is 0 Å². The molecule has 0 aliphatic rings. The van der Waals surface area contributed by atoms with Crippen LogP contribution in [-0.2, 0) is 21.7 Å². The fraction of sp³-hybridized carbons (Fsp3) is 0. The minimum Gasteiger partial charge on any atom is -0.507 e. The third-order valence-electron chi connectivity index (χ3n) is 1.77. The molecule has 0 saturated heterocycles. The molecule has 1 N–H and O–H groups in total. The Balaban J connectivity index is 0.000000720. The molecule has 0 amide bonds. The van der Waals surface area contributed by atoms with E-state index in [0.29, 0.717) is 5.75 Å². The maximum absolute atomic E-state index is 9.37. The average Bonchev–Trinajstić information content (AvgIpc) is 2.06. The van der Waals surface area contributed by atoms with Gasteiger partial charge in [0.15, 0.2) is 0 Å². The van der Waals surface area contributed by atoms with Gasteiger partial charge < -0.3 is 5.11 Å². The number of fused-ring (bicyclic) bond motifs is 1. The molecule has 2 aromatic rings. The van der Waals surface area contributed by atoms with Crippen LogP contribution in [0.4, 0.5) is 0 Å². The van der Waals surface area contributed by atoms with Gasteiger partial charge in [-0.25, -0.2) is 0 Å². The molecular weight excluding hydrogens is 184 g/mol. The molecule has 0 heterocycles. The summed E-state index contributed by atoms with van der Waals surface area (Å²) >= 11 is 0. The van der Waals surface area contributed by atoms with Crippen LogP contribution in [0.3, 0.4) is 0 Å². The topological polar surface area (TPSA) is 20.2 Å². The van der Waals surface area contributed by atoms with E-state index in [1.165, 1.54) is 0 Å². The molecule has 2 rings (SSSR count). The Morgan fingerprint density at radius 2 is 1.50 bits per heavy atom. The molecule has 0 atom stereocenters. The predicted molar refractivity (Wildman–Crippen MR) is 45.6 cm³/mol. The van der Waals surface area contributed by atoms with Crippen molar-refractivity contribution in [3.05, 3.63) is 42.5 Å². The first kappa shape index (κ1) is 9.30. The number of rotatable bonds is 0. The second kappa shape index (κ2) is 3.75. The Bertz CT molecular complexity index is 379. The van der Waals surface area contributed by atoms with E-state index in [2.05, 4.69) is 0 Å². The minimum absolute atomic E-state index is 0. The van der Waals surface area contributed by atoms with Gasteiger partial charge in [0.1, 0.15) is 5.75 Å². The number of hydrogen-bond acceptors (Lipinski definition) is 1. The third kappa shape index (κ3) is 1.52. The van der Waals surface area contributed by atoms with Crippen LogP contribution in [0.5, 0.6) is 5.75 Å². The average molecular weight is 192 g/mol. The van der Waals surface area contributed by atoms with E-state index in [9.17, 15) is 5.11 Å². The second-order valence-corrected chi connectivity index (χ2v) is 2.50. The maximum atomic E-state index is 9.37. The molecule has 0 saturated carbocycles. The van der Waals surface area contributed by atoms with Crippen LogP contribution in [0.2, 0.25) is 0 Å². The predicted octanol–water partition coefficient (Wildman–Crippen LogP) is 2.54. The Morgan fingerprint density at radius 1 is 0.833 bits per heavy atom. The summed E-state index contributed by atoms with van der Waals surface area (Å²) in [7, 11) is 0. The molecule has 2 aromatic carbocycles. The zero-order chi connectivity index (χ0) is 7.68. The van der Waals surface area contributed by atoms with Crippen LogP contribution < -0.4 is 0 Å². The van der Waals surface area contributed by atoms with Gasteiger partial charge in [0.25, 0.3) is 0 Å². The number of benzene rings is 2. The Hall–Kier alpha value is -0.786. The summed E-state index contributed by atoms with van der Waals surface area (Å²) in [6, 6.07) is 13.3. The first-order valence-corrected chi connectivity index (χ1v) is 3.54. The Morgan fingerprint density at radius 3 is 2.25 bits per heavy atom. The van der Waals surface area contributed by atoms with Crippen molar-refractivity contribution in [1.82, 2.24) is 0 Å². The summed E-state index contributed by atoms with van der Waals surface area (Å²) in [5, 5.41) is 11.4. The van der Waals surface area contributed by atoms with Crippen molar-refractivity contribution in [1.29, 1.82) is 0 Å². The van der Waals surface area contributed by atoms with Gasteiger partial charge in [-0.05, 0) is 11.5 Å². The van der Waals surface area contributed by atoms with E-state index < -0.39 is 0 Å². The normalized spacial score (nSPS) is 9.33. The van der Waals surface area contributed by atoms with E-state index in [0.717, 1.165) is 10.8 Å². The van der Waals surface area contributed by atoms with Crippen molar-refractivity contribution < 1.29 is 26.8 Å². The summed E-state index contributed by atoms with van der Waals surface area (Å²) in [5.41, 5.74) is 0. The summed E-state index contributed by atoms with van der Waals surface area (Å²) < 4.78 is 0. The smallest absolute Gasteiger partial charge is 0.123 e. The quantitative estimate of drug-likeness (QED) is 0.636. The number of phenolic OH excluding ortho intramolecular Hbond substituents is 1. The van der Waals surface area contributed by atoms with Crippen molar-refractivity contribution >= 4 is 10.8 Å². The van der Waals surface area contributed by atoms with E-state index in [-0.39, 0.29) is 21.7 Å². The van der Waals surface area contributed by atoms with Gasteiger partial charge in [-0.3, -0.25) is 0 Å². The van der Waals surface area contributed by atoms with Gasteiger partial charge in [0, 0.05) is 27.1 Å². The van der Waals surface area contributed by atoms with Crippen LogP contribution >= 0.6 is 0 Å². The molecule has 58 valence electrons. The third-order valence-corrected chi connectivity index (χ3v) is 1.77. The summed E-state index contributed by atoms with van der Waals surface area (Å²) in [4.78, 5) is 0. The van der Waals surface area contributed by atoms with E-state index in [1.807, 2.05) is 36.4 Å². The van der Waals surface area contributed by atoms with Crippen molar-refractivity contribution in [2.24, 2.45) is 0 Å². The van der Waals surface area contributed by atoms with Crippen molar-refractivity contribution in [3.63, 3.8) is 0 Å². The van der Waals surface area contributed by atoms with Crippen LogP contribution in [0.15, 0.2) is 42.5 Å². The van der Waals surface area contributed by atoms with Crippen LogP contribution in [0, 0.1) is 0 Å². The molecule has 0 aliphatic carbocycles. The number of aromatic hydroxyl groups is 1. The minimum atomic E-state index is 0. The maximum Gasteiger partial charge on any atom is 0.123 e. The fourth-order valence-corrected chi connectivity index (χ4v) is 1.21. The largest absolute Gasteiger partial charge is 0.507 e. The molecule has 0 fully saturated rings. The summed E-state index contributed by atoms with van der Waals surface area (Å²) in [5.74, 6) is 0.350. The molecule has 0 radical (unpaired) electrons. The van der Waals surface area contributed by atoms with Crippen LogP contribution in [0.25, 0.3) is 10.8 Å². The van der Waals surface area contributed by atoms with Gasteiger partial charge in [-0.1, -0.05) is 36.4 Å². The van der Waals surface area contributed by atoms with Gasteiger partial charge in [0.2, 0.25) is 0 Å². The molecule has 0 unspecified atom stereocenters. The zero-order valence-electron chi connectivity index (χ0n) is 6.49. The number of phenols is 1. The van der Waals surface area contributed by atoms with Crippen LogP contribution in [-0.4, -0.2) is 5.11 Å². The SMILES string of the molecule is Oc1cccc2ccccc12.[Ti]. The molecule has 0 spiro atoms. The first-order valence-electron chi connectivity index (χ1n) is 3.54. The molecule has 0 bridgehead atoms. The Labute approximate surface area is 85.9 Å². The standard InChI is InChI=1S/C10H8O.Ti/c11-10-7-3-5-8-4-1-2-6-9(8)10;/h1-7,11H;.